The van der Waals surface area contributed by atoms with Crippen LogP contribution in [0.3, 0.4) is 0 Å². The van der Waals surface area contributed by atoms with Crippen molar-refractivity contribution in [2.24, 2.45) is 0 Å². The Labute approximate surface area is 160 Å². The molecule has 0 amide bonds. The van der Waals surface area contributed by atoms with E-state index in [9.17, 15) is 14.9 Å². The van der Waals surface area contributed by atoms with E-state index in [1.807, 2.05) is 6.07 Å². The average Bonchev–Trinajstić information content (AvgIpc) is 2.69. The summed E-state index contributed by atoms with van der Waals surface area (Å²) in [6.45, 7) is 0.0975. The third kappa shape index (κ3) is 4.62. The summed E-state index contributed by atoms with van der Waals surface area (Å²) in [5, 5.41) is 11.2. The minimum Gasteiger partial charge on any atom is -0.457 e. The van der Waals surface area contributed by atoms with E-state index >= 15 is 0 Å². The van der Waals surface area contributed by atoms with Crippen molar-refractivity contribution in [2.75, 3.05) is 0 Å². The molecule has 0 aliphatic rings. The molecule has 0 aliphatic heterocycles. The lowest BCUT2D eigenvalue weighted by Crippen LogP contribution is -2.04. The quantitative estimate of drug-likeness (QED) is 0.323. The number of carbonyl (C=O) groups is 1. The molecule has 3 aromatic rings. The van der Waals surface area contributed by atoms with Gasteiger partial charge in [-0.15, -0.1) is 0 Å². The van der Waals surface area contributed by atoms with Crippen LogP contribution in [0.25, 0.3) is 0 Å². The van der Waals surface area contributed by atoms with Crippen molar-refractivity contribution < 1.29 is 19.2 Å². The second-order valence-electron chi connectivity index (χ2n) is 5.53. The number of nitro groups is 1. The molecular formula is C20H14ClNO5. The van der Waals surface area contributed by atoms with Gasteiger partial charge in [0.15, 0.2) is 0 Å². The maximum Gasteiger partial charge on any atom is 0.338 e. The van der Waals surface area contributed by atoms with E-state index in [0.717, 1.165) is 5.56 Å². The van der Waals surface area contributed by atoms with Gasteiger partial charge in [-0.25, -0.2) is 4.79 Å². The van der Waals surface area contributed by atoms with Crippen LogP contribution < -0.4 is 4.74 Å². The number of rotatable bonds is 6. The zero-order chi connectivity index (χ0) is 19.2. The van der Waals surface area contributed by atoms with Crippen molar-refractivity contribution in [1.82, 2.24) is 0 Å². The zero-order valence-electron chi connectivity index (χ0n) is 14.0. The highest BCUT2D eigenvalue weighted by Gasteiger charge is 2.19. The number of hydrogen-bond donors (Lipinski definition) is 0. The van der Waals surface area contributed by atoms with E-state index in [0.29, 0.717) is 11.3 Å². The Morgan fingerprint density at radius 2 is 1.67 bits per heavy atom. The summed E-state index contributed by atoms with van der Waals surface area (Å²) >= 11 is 6.01. The standard InChI is InChI=1S/C20H14ClNO5/c21-17-7-4-8-18(22(24)25)19(17)27-16-11-9-14(10-12-16)13-26-20(23)15-5-2-1-3-6-15/h1-12H,13H2. The van der Waals surface area contributed by atoms with Crippen LogP contribution in [0.4, 0.5) is 5.69 Å². The third-order valence-corrected chi connectivity index (χ3v) is 3.96. The van der Waals surface area contributed by atoms with Gasteiger partial charge in [0.2, 0.25) is 5.75 Å². The lowest BCUT2D eigenvalue weighted by molar-refractivity contribution is -0.385. The molecule has 0 spiro atoms. The van der Waals surface area contributed by atoms with Crippen LogP contribution in [0.5, 0.6) is 11.5 Å². The maximum absolute atomic E-state index is 11.9. The highest BCUT2D eigenvalue weighted by Crippen LogP contribution is 2.37. The molecule has 0 saturated carbocycles. The minimum atomic E-state index is -0.557. The summed E-state index contributed by atoms with van der Waals surface area (Å²) in [5.41, 5.74) is 1.01. The van der Waals surface area contributed by atoms with Crippen LogP contribution in [0, 0.1) is 10.1 Å². The molecule has 0 bridgehead atoms. The lowest BCUT2D eigenvalue weighted by Gasteiger charge is -2.09. The van der Waals surface area contributed by atoms with E-state index in [-0.39, 0.29) is 23.1 Å². The molecule has 3 aromatic carbocycles. The summed E-state index contributed by atoms with van der Waals surface area (Å²) in [7, 11) is 0. The summed E-state index contributed by atoms with van der Waals surface area (Å²) in [6.07, 6.45) is 0. The minimum absolute atomic E-state index is 0.0209. The summed E-state index contributed by atoms with van der Waals surface area (Å²) < 4.78 is 10.8. The number of nitro benzene ring substituents is 1. The van der Waals surface area contributed by atoms with Gasteiger partial charge in [0.1, 0.15) is 12.4 Å². The molecule has 0 aromatic heterocycles. The third-order valence-electron chi connectivity index (χ3n) is 3.67. The summed E-state index contributed by atoms with van der Waals surface area (Å²) in [4.78, 5) is 22.5. The van der Waals surface area contributed by atoms with Gasteiger partial charge in [0.05, 0.1) is 15.5 Å². The van der Waals surface area contributed by atoms with Gasteiger partial charge < -0.3 is 9.47 Å². The van der Waals surface area contributed by atoms with Crippen molar-refractivity contribution in [3.63, 3.8) is 0 Å². The largest absolute Gasteiger partial charge is 0.457 e. The molecule has 27 heavy (non-hydrogen) atoms. The number of ether oxygens (including phenoxy) is 2. The van der Waals surface area contributed by atoms with Crippen LogP contribution in [0.1, 0.15) is 15.9 Å². The Kier molecular flexibility index (Phi) is 5.68. The number of carbonyl (C=O) groups excluding carboxylic acids is 1. The molecule has 3 rings (SSSR count). The highest BCUT2D eigenvalue weighted by molar-refractivity contribution is 6.32. The summed E-state index contributed by atoms with van der Waals surface area (Å²) in [6, 6.07) is 19.7. The molecule has 136 valence electrons. The molecule has 0 unspecified atom stereocenters. The molecule has 7 heteroatoms. The molecule has 0 heterocycles. The van der Waals surface area contributed by atoms with Gasteiger partial charge in [-0.1, -0.05) is 48.0 Å². The first kappa shape index (κ1) is 18.4. The van der Waals surface area contributed by atoms with E-state index in [4.69, 9.17) is 21.1 Å². The fourth-order valence-electron chi connectivity index (χ4n) is 2.32. The monoisotopic (exact) mass is 383 g/mol. The first-order valence-electron chi connectivity index (χ1n) is 7.96. The molecule has 0 fully saturated rings. The lowest BCUT2D eigenvalue weighted by atomic mass is 10.2. The average molecular weight is 384 g/mol. The van der Waals surface area contributed by atoms with Crippen molar-refractivity contribution in [3.05, 3.63) is 99.1 Å². The number of hydrogen-bond acceptors (Lipinski definition) is 5. The second kappa shape index (κ2) is 8.33. The fraction of sp³-hybridized carbons (Fsp3) is 0.0500. The molecule has 0 saturated heterocycles. The highest BCUT2D eigenvalue weighted by atomic mass is 35.5. The topological polar surface area (TPSA) is 78.7 Å². The number of nitrogens with zero attached hydrogens (tertiary/aromatic N) is 1. The Morgan fingerprint density at radius 3 is 2.33 bits per heavy atom. The van der Waals surface area contributed by atoms with E-state index in [1.54, 1.807) is 48.5 Å². The molecule has 0 aliphatic carbocycles. The number of halogens is 1. The number of esters is 1. The Morgan fingerprint density at radius 1 is 0.963 bits per heavy atom. The van der Waals surface area contributed by atoms with Crippen LogP contribution in [0.2, 0.25) is 5.02 Å². The van der Waals surface area contributed by atoms with E-state index in [1.165, 1.54) is 18.2 Å². The molecule has 6 nitrogen and oxygen atoms in total. The van der Waals surface area contributed by atoms with Crippen molar-refractivity contribution in [3.8, 4) is 11.5 Å². The van der Waals surface area contributed by atoms with Gasteiger partial charge in [-0.05, 0) is 35.9 Å². The molecule has 0 radical (unpaired) electrons. The van der Waals surface area contributed by atoms with Crippen molar-refractivity contribution >= 4 is 23.3 Å². The van der Waals surface area contributed by atoms with E-state index < -0.39 is 10.9 Å². The SMILES string of the molecule is O=C(OCc1ccc(Oc2c(Cl)cccc2[N+](=O)[O-])cc1)c1ccccc1. The van der Waals surface area contributed by atoms with E-state index in [2.05, 4.69) is 0 Å². The fourth-order valence-corrected chi connectivity index (χ4v) is 2.53. The van der Waals surface area contributed by atoms with Gasteiger partial charge in [-0.3, -0.25) is 10.1 Å². The molecule has 0 atom stereocenters. The van der Waals surface area contributed by atoms with Gasteiger partial charge >= 0.3 is 11.7 Å². The molecular weight excluding hydrogens is 370 g/mol. The number of benzene rings is 3. The first-order valence-corrected chi connectivity index (χ1v) is 8.34. The predicted molar refractivity (Wildman–Crippen MR) is 100 cm³/mol. The Hall–Kier alpha value is -3.38. The van der Waals surface area contributed by atoms with Crippen LogP contribution >= 0.6 is 11.6 Å². The van der Waals surface area contributed by atoms with Gasteiger partial charge in [0.25, 0.3) is 0 Å². The molecule has 0 N–H and O–H groups in total. The van der Waals surface area contributed by atoms with Crippen molar-refractivity contribution in [2.45, 2.75) is 6.61 Å². The normalized spacial score (nSPS) is 10.3. The first-order chi connectivity index (χ1) is 13.0. The van der Waals surface area contributed by atoms with Crippen LogP contribution in [0.15, 0.2) is 72.8 Å². The van der Waals surface area contributed by atoms with Gasteiger partial charge in [0, 0.05) is 6.07 Å². The summed E-state index contributed by atoms with van der Waals surface area (Å²) in [5.74, 6) is -0.0561. The van der Waals surface area contributed by atoms with Crippen LogP contribution in [-0.2, 0) is 11.3 Å². The maximum atomic E-state index is 11.9. The Bertz CT molecular complexity index is 958. The zero-order valence-corrected chi connectivity index (χ0v) is 14.8. The predicted octanol–water partition coefficient (Wildman–Crippen LogP) is 5.40. The Balaban J connectivity index is 1.66. The number of para-hydroxylation sites is 1. The van der Waals surface area contributed by atoms with Crippen molar-refractivity contribution in [1.29, 1.82) is 0 Å². The smallest absolute Gasteiger partial charge is 0.338 e. The second-order valence-corrected chi connectivity index (χ2v) is 5.94. The van der Waals surface area contributed by atoms with Gasteiger partial charge in [-0.2, -0.15) is 0 Å². The van der Waals surface area contributed by atoms with Crippen LogP contribution in [-0.4, -0.2) is 10.9 Å².